The number of carbonyl (C=O) groups excluding carboxylic acids is 1. The number of halogens is 2. The van der Waals surface area contributed by atoms with E-state index in [4.69, 9.17) is 4.74 Å². The number of hydrogen-bond acceptors (Lipinski definition) is 7. The number of aliphatic hydroxyl groups is 1. The minimum absolute atomic E-state index is 0.115. The third kappa shape index (κ3) is 6.31. The van der Waals surface area contributed by atoms with E-state index >= 15 is 0 Å². The summed E-state index contributed by atoms with van der Waals surface area (Å²) in [5, 5.41) is 10.1. The van der Waals surface area contributed by atoms with Crippen LogP contribution in [-0.4, -0.2) is 70.6 Å². The number of ether oxygens (including phenoxy) is 1. The molecule has 0 saturated carbocycles. The Morgan fingerprint density at radius 1 is 1.23 bits per heavy atom. The van der Waals surface area contributed by atoms with E-state index in [1.807, 2.05) is 6.92 Å². The fourth-order valence-electron chi connectivity index (χ4n) is 2.63. The molecule has 1 amide bonds. The molecule has 0 unspecified atom stereocenters. The molecule has 2 heterocycles. The molecule has 30 heavy (non-hydrogen) atoms. The number of likely N-dealkylation sites (N-methyl/N-ethyl adjacent to an activating group) is 2. The second kappa shape index (κ2) is 10.2. The van der Waals surface area contributed by atoms with Gasteiger partial charge in [0.15, 0.2) is 6.61 Å². The van der Waals surface area contributed by atoms with Crippen molar-refractivity contribution in [3.05, 3.63) is 41.9 Å². The lowest BCUT2D eigenvalue weighted by molar-refractivity contribution is 0.0710. The summed E-state index contributed by atoms with van der Waals surface area (Å²) in [6, 6.07) is 4.69. The van der Waals surface area contributed by atoms with Gasteiger partial charge in [-0.05, 0) is 39.0 Å². The van der Waals surface area contributed by atoms with Gasteiger partial charge in [-0.25, -0.2) is 23.7 Å². The molecule has 0 aliphatic carbocycles. The molecule has 0 saturated heterocycles. The van der Waals surface area contributed by atoms with E-state index in [9.17, 15) is 18.7 Å². The van der Waals surface area contributed by atoms with Crippen LogP contribution in [0.3, 0.4) is 0 Å². The van der Waals surface area contributed by atoms with Crippen molar-refractivity contribution in [3.8, 4) is 5.88 Å². The molecule has 164 valence electrons. The van der Waals surface area contributed by atoms with Crippen molar-refractivity contribution >= 4 is 11.9 Å². The first-order chi connectivity index (χ1) is 14.1. The van der Waals surface area contributed by atoms with E-state index in [1.54, 1.807) is 49.0 Å². The average Bonchev–Trinajstić information content (AvgIpc) is 2.72. The Bertz CT molecular complexity index is 845. The Morgan fingerprint density at radius 2 is 1.97 bits per heavy atom. The zero-order valence-corrected chi connectivity index (χ0v) is 17.5. The summed E-state index contributed by atoms with van der Waals surface area (Å²) < 4.78 is 29.9. The molecule has 1 N–H and O–H groups in total. The van der Waals surface area contributed by atoms with E-state index in [0.717, 1.165) is 0 Å². The zero-order chi connectivity index (χ0) is 22.3. The third-order valence-corrected chi connectivity index (χ3v) is 4.33. The molecule has 2 rings (SSSR count). The number of carbonyl (C=O) groups is 1. The summed E-state index contributed by atoms with van der Waals surface area (Å²) in [6.07, 6.45) is 0.289. The number of alkyl halides is 2. The molecule has 0 aromatic carbocycles. The van der Waals surface area contributed by atoms with Gasteiger partial charge < -0.3 is 19.6 Å². The maximum Gasteiger partial charge on any atom is 0.272 e. The highest BCUT2D eigenvalue weighted by atomic mass is 19.3. The minimum Gasteiger partial charge on any atom is -0.471 e. The van der Waals surface area contributed by atoms with Crippen LogP contribution < -0.4 is 9.64 Å². The summed E-state index contributed by atoms with van der Waals surface area (Å²) >= 11 is 0. The lowest BCUT2D eigenvalue weighted by Crippen LogP contribution is -2.38. The number of rotatable bonds is 10. The highest BCUT2D eigenvalue weighted by molar-refractivity contribution is 5.96. The van der Waals surface area contributed by atoms with Gasteiger partial charge in [0.05, 0.1) is 5.69 Å². The predicted molar refractivity (Wildman–Crippen MR) is 108 cm³/mol. The van der Waals surface area contributed by atoms with Crippen LogP contribution in [0.15, 0.2) is 30.6 Å². The Morgan fingerprint density at radius 3 is 2.60 bits per heavy atom. The largest absolute Gasteiger partial charge is 0.471 e. The van der Waals surface area contributed by atoms with E-state index in [0.29, 0.717) is 31.3 Å². The molecule has 0 fully saturated rings. The highest BCUT2D eigenvalue weighted by Gasteiger charge is 2.22. The van der Waals surface area contributed by atoms with Crippen LogP contribution in [0.4, 0.5) is 14.7 Å². The smallest absolute Gasteiger partial charge is 0.272 e. The lowest BCUT2D eigenvalue weighted by Gasteiger charge is -2.26. The van der Waals surface area contributed by atoms with Crippen LogP contribution in [0.5, 0.6) is 5.88 Å². The van der Waals surface area contributed by atoms with Crippen molar-refractivity contribution in [3.63, 3.8) is 0 Å². The molecule has 2 aromatic heterocycles. The minimum atomic E-state index is -2.66. The van der Waals surface area contributed by atoms with Gasteiger partial charge in [0.25, 0.3) is 12.3 Å². The normalized spacial score (nSPS) is 11.5. The zero-order valence-electron chi connectivity index (χ0n) is 17.5. The van der Waals surface area contributed by atoms with E-state index in [1.165, 1.54) is 12.3 Å². The number of pyridine rings is 1. The molecule has 8 nitrogen and oxygen atoms in total. The lowest BCUT2D eigenvalue weighted by atomic mass is 10.1. The first-order valence-corrected chi connectivity index (χ1v) is 9.55. The summed E-state index contributed by atoms with van der Waals surface area (Å²) in [6.45, 7) is 5.42. The standard InChI is InChI=1S/C20H27F2N5O3/c1-5-27(18(28)14-7-6-9-23-17(14)30-13-16(21)22)12-11-26(4)19-24-10-8-15(25-19)20(2,3)29/h6-10,16,29H,5,11-13H2,1-4H3. The van der Waals surface area contributed by atoms with Gasteiger partial charge in [-0.2, -0.15) is 0 Å². The summed E-state index contributed by atoms with van der Waals surface area (Å²) in [4.78, 5) is 28.7. The molecule has 0 atom stereocenters. The molecule has 0 aliphatic heterocycles. The van der Waals surface area contributed by atoms with Crippen molar-refractivity contribution in [2.75, 3.05) is 38.2 Å². The Kier molecular flexibility index (Phi) is 7.99. The van der Waals surface area contributed by atoms with Gasteiger partial charge in [0.1, 0.15) is 11.2 Å². The van der Waals surface area contributed by atoms with Gasteiger partial charge in [0.2, 0.25) is 11.8 Å². The molecular weight excluding hydrogens is 396 g/mol. The van der Waals surface area contributed by atoms with Crippen LogP contribution in [-0.2, 0) is 5.60 Å². The monoisotopic (exact) mass is 423 g/mol. The predicted octanol–water partition coefficient (Wildman–Crippen LogP) is 2.34. The number of amides is 1. The Balaban J connectivity index is 2.08. The van der Waals surface area contributed by atoms with E-state index in [2.05, 4.69) is 15.0 Å². The number of anilines is 1. The fraction of sp³-hybridized carbons (Fsp3) is 0.500. The molecule has 0 bridgehead atoms. The maximum atomic E-state index is 12.9. The summed E-state index contributed by atoms with van der Waals surface area (Å²) in [5.41, 5.74) is -0.485. The van der Waals surface area contributed by atoms with Gasteiger partial charge in [0, 0.05) is 39.1 Å². The molecule has 0 spiro atoms. The topological polar surface area (TPSA) is 91.7 Å². The van der Waals surface area contributed by atoms with Crippen LogP contribution in [0, 0.1) is 0 Å². The van der Waals surface area contributed by atoms with Crippen molar-refractivity contribution < 1.29 is 23.4 Å². The fourth-order valence-corrected chi connectivity index (χ4v) is 2.63. The first-order valence-electron chi connectivity index (χ1n) is 9.55. The van der Waals surface area contributed by atoms with Crippen molar-refractivity contribution in [1.82, 2.24) is 19.9 Å². The van der Waals surface area contributed by atoms with Gasteiger partial charge in [-0.1, -0.05) is 0 Å². The van der Waals surface area contributed by atoms with Gasteiger partial charge >= 0.3 is 0 Å². The summed E-state index contributed by atoms with van der Waals surface area (Å²) in [7, 11) is 1.78. The van der Waals surface area contributed by atoms with Gasteiger partial charge in [-0.15, -0.1) is 0 Å². The summed E-state index contributed by atoms with van der Waals surface area (Å²) in [5.74, 6) is -0.0642. The SMILES string of the molecule is CCN(CCN(C)c1nccc(C(C)(C)O)n1)C(=O)c1cccnc1OCC(F)F. The Hall–Kier alpha value is -2.88. The van der Waals surface area contributed by atoms with E-state index in [-0.39, 0.29) is 17.4 Å². The number of aromatic nitrogens is 3. The maximum absolute atomic E-state index is 12.9. The van der Waals surface area contributed by atoms with Crippen molar-refractivity contribution in [2.45, 2.75) is 32.8 Å². The molecule has 10 heteroatoms. The van der Waals surface area contributed by atoms with Crippen molar-refractivity contribution in [2.24, 2.45) is 0 Å². The molecule has 0 aliphatic rings. The van der Waals surface area contributed by atoms with Crippen LogP contribution in [0.25, 0.3) is 0 Å². The quantitative estimate of drug-likeness (QED) is 0.627. The first kappa shape index (κ1) is 23.4. The van der Waals surface area contributed by atoms with Crippen LogP contribution in [0.2, 0.25) is 0 Å². The third-order valence-electron chi connectivity index (χ3n) is 4.33. The number of hydrogen-bond donors (Lipinski definition) is 1. The van der Waals surface area contributed by atoms with Crippen LogP contribution >= 0.6 is 0 Å². The molecule has 0 radical (unpaired) electrons. The Labute approximate surface area is 174 Å². The highest BCUT2D eigenvalue weighted by Crippen LogP contribution is 2.19. The van der Waals surface area contributed by atoms with Crippen LogP contribution in [0.1, 0.15) is 36.8 Å². The second-order valence-corrected chi connectivity index (χ2v) is 7.17. The molecule has 2 aromatic rings. The number of nitrogens with zero attached hydrogens (tertiary/aromatic N) is 5. The second-order valence-electron chi connectivity index (χ2n) is 7.17. The van der Waals surface area contributed by atoms with Crippen molar-refractivity contribution in [1.29, 1.82) is 0 Å². The van der Waals surface area contributed by atoms with E-state index < -0.39 is 18.6 Å². The van der Waals surface area contributed by atoms with Gasteiger partial charge in [-0.3, -0.25) is 4.79 Å². The molecular formula is C20H27F2N5O3. The average molecular weight is 423 g/mol.